The summed E-state index contributed by atoms with van der Waals surface area (Å²) in [5, 5.41) is 8.54. The fourth-order valence-corrected chi connectivity index (χ4v) is 3.68. The molecule has 1 amide bonds. The average Bonchev–Trinajstić information content (AvgIpc) is 2.67. The highest BCUT2D eigenvalue weighted by Crippen LogP contribution is 2.14. The maximum absolute atomic E-state index is 12.3. The van der Waals surface area contributed by atoms with Crippen LogP contribution in [0, 0.1) is 6.92 Å². The van der Waals surface area contributed by atoms with Crippen LogP contribution in [0.4, 0.5) is 0 Å². The van der Waals surface area contributed by atoms with E-state index in [1.54, 1.807) is 24.9 Å². The minimum Gasteiger partial charge on any atom is -0.355 e. The van der Waals surface area contributed by atoms with E-state index < -0.39 is 0 Å². The lowest BCUT2D eigenvalue weighted by atomic mass is 10.1. The van der Waals surface area contributed by atoms with Crippen molar-refractivity contribution in [3.63, 3.8) is 0 Å². The quantitative estimate of drug-likeness (QED) is 0.639. The van der Waals surface area contributed by atoms with Gasteiger partial charge < -0.3 is 5.32 Å². The van der Waals surface area contributed by atoms with Crippen molar-refractivity contribution in [3.05, 3.63) is 75.7 Å². The van der Waals surface area contributed by atoms with Crippen LogP contribution >= 0.6 is 11.8 Å². The van der Waals surface area contributed by atoms with Crippen molar-refractivity contribution >= 4 is 28.4 Å². The average molecular weight is 382 g/mol. The normalized spacial score (nSPS) is 10.9. The summed E-state index contributed by atoms with van der Waals surface area (Å²) in [6.45, 7) is 2.69. The second-order valence-corrected chi connectivity index (χ2v) is 7.59. The van der Waals surface area contributed by atoms with Crippen LogP contribution in [0.3, 0.4) is 0 Å². The Hall–Kier alpha value is -2.60. The number of aryl methyl sites for hydroxylation is 2. The van der Waals surface area contributed by atoms with Crippen molar-refractivity contribution in [2.75, 3.05) is 12.3 Å². The van der Waals surface area contributed by atoms with Crippen molar-refractivity contribution in [2.24, 2.45) is 7.05 Å². The first-order chi connectivity index (χ1) is 13.0. The Bertz CT molecular complexity index is 996. The predicted molar refractivity (Wildman–Crippen MR) is 111 cm³/mol. The monoisotopic (exact) mass is 381 g/mol. The van der Waals surface area contributed by atoms with E-state index in [0.29, 0.717) is 17.6 Å². The number of amides is 1. The number of carbonyl (C=O) groups is 1. The molecule has 27 heavy (non-hydrogen) atoms. The molecule has 0 aliphatic rings. The van der Waals surface area contributed by atoms with Gasteiger partial charge in [0.2, 0.25) is 5.91 Å². The van der Waals surface area contributed by atoms with E-state index in [1.807, 2.05) is 18.2 Å². The highest BCUT2D eigenvalue weighted by molar-refractivity contribution is 7.98. The van der Waals surface area contributed by atoms with Crippen LogP contribution < -0.4 is 10.9 Å². The number of thioether (sulfide) groups is 1. The summed E-state index contributed by atoms with van der Waals surface area (Å²) in [6.07, 6.45) is 0.164. The lowest BCUT2D eigenvalue weighted by molar-refractivity contribution is -0.120. The summed E-state index contributed by atoms with van der Waals surface area (Å²) in [5.41, 5.74) is 3.02. The van der Waals surface area contributed by atoms with E-state index in [-0.39, 0.29) is 17.9 Å². The molecule has 0 atom stereocenters. The second kappa shape index (κ2) is 8.86. The van der Waals surface area contributed by atoms with Crippen LogP contribution in [0.5, 0.6) is 0 Å². The van der Waals surface area contributed by atoms with E-state index in [4.69, 9.17) is 0 Å². The van der Waals surface area contributed by atoms with Crippen LogP contribution in [0.2, 0.25) is 0 Å². The van der Waals surface area contributed by atoms with Gasteiger partial charge in [0, 0.05) is 30.5 Å². The van der Waals surface area contributed by atoms with Crippen molar-refractivity contribution < 1.29 is 4.79 Å². The molecule has 3 aromatic rings. The molecular formula is C21H23N3O2S. The molecule has 1 heterocycles. The number of carbonyl (C=O) groups excluding carboxylic acids is 1. The molecule has 5 nitrogen and oxygen atoms in total. The number of nitrogens with zero attached hydrogens (tertiary/aromatic N) is 2. The van der Waals surface area contributed by atoms with Crippen molar-refractivity contribution in [3.8, 4) is 0 Å². The van der Waals surface area contributed by atoms with Gasteiger partial charge in [-0.25, -0.2) is 4.68 Å². The molecule has 0 saturated heterocycles. The largest absolute Gasteiger partial charge is 0.355 e. The zero-order valence-corrected chi connectivity index (χ0v) is 16.4. The van der Waals surface area contributed by atoms with Gasteiger partial charge in [0.05, 0.1) is 17.5 Å². The van der Waals surface area contributed by atoms with E-state index in [1.165, 1.54) is 15.8 Å². The predicted octanol–water partition coefficient (Wildman–Crippen LogP) is 2.83. The Morgan fingerprint density at radius 1 is 1.11 bits per heavy atom. The number of rotatable bonds is 7. The molecule has 1 aromatic heterocycles. The fraction of sp³-hybridized carbons (Fsp3) is 0.286. The van der Waals surface area contributed by atoms with Gasteiger partial charge in [-0.05, 0) is 18.6 Å². The number of nitrogens with one attached hydrogen (secondary N) is 1. The lowest BCUT2D eigenvalue weighted by Crippen LogP contribution is -2.29. The highest BCUT2D eigenvalue weighted by Gasteiger charge is 2.11. The Kier molecular flexibility index (Phi) is 6.29. The molecule has 0 saturated carbocycles. The zero-order chi connectivity index (χ0) is 19.2. The number of aromatic nitrogens is 2. The maximum Gasteiger partial charge on any atom is 0.274 e. The van der Waals surface area contributed by atoms with E-state index in [0.717, 1.165) is 16.9 Å². The van der Waals surface area contributed by atoms with Crippen LogP contribution in [0.15, 0.2) is 53.3 Å². The summed E-state index contributed by atoms with van der Waals surface area (Å²) >= 11 is 1.79. The van der Waals surface area contributed by atoms with Gasteiger partial charge in [0.25, 0.3) is 5.56 Å². The van der Waals surface area contributed by atoms with Crippen LogP contribution in [-0.4, -0.2) is 28.0 Å². The number of hydrogen-bond donors (Lipinski definition) is 1. The van der Waals surface area contributed by atoms with Gasteiger partial charge in [0.15, 0.2) is 0 Å². The molecule has 0 fully saturated rings. The number of benzene rings is 2. The first-order valence-corrected chi connectivity index (χ1v) is 10.0. The number of fused-ring (bicyclic) bond motifs is 1. The molecule has 3 rings (SSSR count). The molecule has 0 radical (unpaired) electrons. The molecule has 0 bridgehead atoms. The molecule has 0 aliphatic heterocycles. The molecule has 6 heteroatoms. The van der Waals surface area contributed by atoms with Crippen LogP contribution in [0.25, 0.3) is 10.8 Å². The molecule has 0 aliphatic carbocycles. The molecule has 140 valence electrons. The van der Waals surface area contributed by atoms with E-state index in [9.17, 15) is 9.59 Å². The highest BCUT2D eigenvalue weighted by atomic mass is 32.2. The topological polar surface area (TPSA) is 64.0 Å². The first-order valence-electron chi connectivity index (χ1n) is 8.89. The Morgan fingerprint density at radius 2 is 1.81 bits per heavy atom. The van der Waals surface area contributed by atoms with Gasteiger partial charge in [-0.15, -0.1) is 0 Å². The third kappa shape index (κ3) is 4.98. The van der Waals surface area contributed by atoms with Gasteiger partial charge in [-0.1, -0.05) is 48.0 Å². The van der Waals surface area contributed by atoms with Gasteiger partial charge in [0.1, 0.15) is 0 Å². The summed E-state index contributed by atoms with van der Waals surface area (Å²) in [7, 11) is 1.61. The minimum atomic E-state index is -0.151. The van der Waals surface area contributed by atoms with Gasteiger partial charge in [-0.3, -0.25) is 9.59 Å². The van der Waals surface area contributed by atoms with Crippen molar-refractivity contribution in [1.82, 2.24) is 15.1 Å². The minimum absolute atomic E-state index is 0.0813. The fourth-order valence-electron chi connectivity index (χ4n) is 2.86. The Balaban J connectivity index is 1.51. The molecule has 1 N–H and O–H groups in total. The third-order valence-electron chi connectivity index (χ3n) is 4.32. The molecule has 0 unspecified atom stereocenters. The summed E-state index contributed by atoms with van der Waals surface area (Å²) < 4.78 is 1.29. The lowest BCUT2D eigenvalue weighted by Gasteiger charge is -2.09. The number of hydrogen-bond acceptors (Lipinski definition) is 4. The summed E-state index contributed by atoms with van der Waals surface area (Å²) in [4.78, 5) is 24.4. The molecule has 2 aromatic carbocycles. The third-order valence-corrected chi connectivity index (χ3v) is 5.35. The summed E-state index contributed by atoms with van der Waals surface area (Å²) in [5.74, 6) is 1.70. The van der Waals surface area contributed by atoms with Gasteiger partial charge in [-0.2, -0.15) is 16.9 Å². The van der Waals surface area contributed by atoms with E-state index >= 15 is 0 Å². The second-order valence-electron chi connectivity index (χ2n) is 6.49. The SMILES string of the molecule is Cc1ccc(CSCCNC(=O)Cc2nn(C)c(=O)c3ccccc23)cc1. The maximum atomic E-state index is 12.3. The Morgan fingerprint density at radius 3 is 2.56 bits per heavy atom. The van der Waals surface area contributed by atoms with Crippen molar-refractivity contribution in [1.29, 1.82) is 0 Å². The molecule has 0 spiro atoms. The Labute approximate surface area is 162 Å². The first kappa shape index (κ1) is 19.2. The van der Waals surface area contributed by atoms with Crippen molar-refractivity contribution in [2.45, 2.75) is 19.1 Å². The van der Waals surface area contributed by atoms with Gasteiger partial charge >= 0.3 is 0 Å². The van der Waals surface area contributed by atoms with Crippen LogP contribution in [0.1, 0.15) is 16.8 Å². The molecular weight excluding hydrogens is 358 g/mol. The van der Waals surface area contributed by atoms with E-state index in [2.05, 4.69) is 41.6 Å². The van der Waals surface area contributed by atoms with Crippen LogP contribution in [-0.2, 0) is 24.0 Å². The summed E-state index contributed by atoms with van der Waals surface area (Å²) in [6, 6.07) is 15.8. The standard InChI is InChI=1S/C21H23N3O2S/c1-15-7-9-16(10-8-15)14-27-12-11-22-20(25)13-19-17-5-3-4-6-18(17)21(26)24(2)23-19/h3-10H,11-14H2,1-2H3,(H,22,25). The smallest absolute Gasteiger partial charge is 0.274 e. The zero-order valence-electron chi connectivity index (χ0n) is 15.6.